The summed E-state index contributed by atoms with van der Waals surface area (Å²) in [5.74, 6) is 1.38. The molecule has 5 heteroatoms. The molecule has 3 atom stereocenters. The number of nitrogens with one attached hydrogen (secondary N) is 1. The minimum Gasteiger partial charge on any atom is -0.352 e. The van der Waals surface area contributed by atoms with Crippen molar-refractivity contribution in [1.82, 2.24) is 10.2 Å². The Kier molecular flexibility index (Phi) is 9.34. The molecular weight excluding hydrogens is 322 g/mol. The summed E-state index contributed by atoms with van der Waals surface area (Å²) in [5.41, 5.74) is 6.93. The van der Waals surface area contributed by atoms with Gasteiger partial charge in [-0.3, -0.25) is 9.69 Å². The SMILES string of the molecule is CC1CCCC(NC(=O)CN(CCN)Cc2ccccc2)C1C.Cl. The van der Waals surface area contributed by atoms with Crippen molar-refractivity contribution >= 4 is 18.3 Å². The highest BCUT2D eigenvalue weighted by molar-refractivity contribution is 5.85. The number of hydrogen-bond donors (Lipinski definition) is 2. The van der Waals surface area contributed by atoms with Gasteiger partial charge in [0.25, 0.3) is 0 Å². The van der Waals surface area contributed by atoms with Crippen molar-refractivity contribution < 1.29 is 4.79 Å². The second kappa shape index (κ2) is 10.7. The Morgan fingerprint density at radius 3 is 2.62 bits per heavy atom. The molecule has 0 aromatic heterocycles. The first-order chi connectivity index (χ1) is 11.1. The average molecular weight is 354 g/mol. The zero-order chi connectivity index (χ0) is 16.7. The Morgan fingerprint density at radius 1 is 1.25 bits per heavy atom. The number of amides is 1. The third-order valence-electron chi connectivity index (χ3n) is 5.11. The Hall–Kier alpha value is -1.10. The predicted octanol–water partition coefficient (Wildman–Crippen LogP) is 2.81. The van der Waals surface area contributed by atoms with Gasteiger partial charge in [-0.25, -0.2) is 0 Å². The molecule has 24 heavy (non-hydrogen) atoms. The monoisotopic (exact) mass is 353 g/mol. The molecule has 1 aliphatic rings. The van der Waals surface area contributed by atoms with E-state index in [1.807, 2.05) is 18.2 Å². The summed E-state index contributed by atoms with van der Waals surface area (Å²) in [4.78, 5) is 14.6. The molecule has 3 N–H and O–H groups in total. The van der Waals surface area contributed by atoms with Gasteiger partial charge in [-0.05, 0) is 23.8 Å². The molecule has 1 fully saturated rings. The number of carbonyl (C=O) groups is 1. The maximum atomic E-state index is 12.4. The lowest BCUT2D eigenvalue weighted by atomic mass is 9.78. The van der Waals surface area contributed by atoms with Gasteiger partial charge in [0, 0.05) is 25.7 Å². The highest BCUT2D eigenvalue weighted by Crippen LogP contribution is 2.29. The van der Waals surface area contributed by atoms with Crippen LogP contribution in [0.15, 0.2) is 30.3 Å². The number of rotatable bonds is 7. The van der Waals surface area contributed by atoms with E-state index >= 15 is 0 Å². The van der Waals surface area contributed by atoms with Gasteiger partial charge in [-0.1, -0.05) is 57.0 Å². The molecule has 0 radical (unpaired) electrons. The first-order valence-corrected chi connectivity index (χ1v) is 8.86. The summed E-state index contributed by atoms with van der Waals surface area (Å²) in [6.07, 6.45) is 3.60. The van der Waals surface area contributed by atoms with E-state index < -0.39 is 0 Å². The first kappa shape index (κ1) is 20.9. The van der Waals surface area contributed by atoms with Gasteiger partial charge in [0.2, 0.25) is 5.91 Å². The van der Waals surface area contributed by atoms with Crippen molar-refractivity contribution in [1.29, 1.82) is 0 Å². The molecule has 0 spiro atoms. The van der Waals surface area contributed by atoms with Crippen LogP contribution in [-0.4, -0.2) is 36.5 Å². The molecular formula is C19H32ClN3O. The summed E-state index contributed by atoms with van der Waals surface area (Å²) >= 11 is 0. The third-order valence-corrected chi connectivity index (χ3v) is 5.11. The molecule has 0 aliphatic heterocycles. The van der Waals surface area contributed by atoms with Crippen LogP contribution in [-0.2, 0) is 11.3 Å². The van der Waals surface area contributed by atoms with E-state index in [1.54, 1.807) is 0 Å². The molecule has 3 unspecified atom stereocenters. The van der Waals surface area contributed by atoms with Crippen molar-refractivity contribution in [3.05, 3.63) is 35.9 Å². The number of nitrogens with zero attached hydrogens (tertiary/aromatic N) is 1. The van der Waals surface area contributed by atoms with E-state index in [0.717, 1.165) is 19.5 Å². The van der Waals surface area contributed by atoms with Gasteiger partial charge in [0.1, 0.15) is 0 Å². The highest BCUT2D eigenvalue weighted by Gasteiger charge is 2.28. The van der Waals surface area contributed by atoms with Crippen molar-refractivity contribution in [3.8, 4) is 0 Å². The van der Waals surface area contributed by atoms with E-state index in [-0.39, 0.29) is 18.3 Å². The number of nitrogens with two attached hydrogens (primary N) is 1. The smallest absolute Gasteiger partial charge is 0.234 e. The largest absolute Gasteiger partial charge is 0.352 e. The average Bonchev–Trinajstić information content (AvgIpc) is 2.53. The van der Waals surface area contributed by atoms with Crippen LogP contribution in [0.1, 0.15) is 38.7 Å². The zero-order valence-corrected chi connectivity index (χ0v) is 15.7. The fourth-order valence-corrected chi connectivity index (χ4v) is 3.48. The van der Waals surface area contributed by atoms with Crippen LogP contribution >= 0.6 is 12.4 Å². The fraction of sp³-hybridized carbons (Fsp3) is 0.632. The Balaban J connectivity index is 0.00000288. The molecule has 1 amide bonds. The molecule has 136 valence electrons. The number of hydrogen-bond acceptors (Lipinski definition) is 3. The molecule has 0 heterocycles. The van der Waals surface area contributed by atoms with Crippen molar-refractivity contribution in [2.45, 2.75) is 45.7 Å². The topological polar surface area (TPSA) is 58.4 Å². The molecule has 1 aromatic rings. The van der Waals surface area contributed by atoms with Crippen LogP contribution in [0.5, 0.6) is 0 Å². The molecule has 1 saturated carbocycles. The lowest BCUT2D eigenvalue weighted by molar-refractivity contribution is -0.123. The lowest BCUT2D eigenvalue weighted by Gasteiger charge is -2.35. The Labute approximate surface area is 152 Å². The zero-order valence-electron chi connectivity index (χ0n) is 14.9. The van der Waals surface area contributed by atoms with Crippen LogP contribution in [0.3, 0.4) is 0 Å². The number of carbonyl (C=O) groups excluding carboxylic acids is 1. The molecule has 2 rings (SSSR count). The summed E-state index contributed by atoms with van der Waals surface area (Å²) in [7, 11) is 0. The van der Waals surface area contributed by atoms with Gasteiger partial charge in [-0.15, -0.1) is 12.4 Å². The van der Waals surface area contributed by atoms with E-state index in [9.17, 15) is 4.79 Å². The van der Waals surface area contributed by atoms with Gasteiger partial charge < -0.3 is 11.1 Å². The second-order valence-electron chi connectivity index (χ2n) is 6.93. The second-order valence-corrected chi connectivity index (χ2v) is 6.93. The summed E-state index contributed by atoms with van der Waals surface area (Å²) in [6.45, 7) is 7.04. The minimum atomic E-state index is 0. The Morgan fingerprint density at radius 2 is 1.96 bits per heavy atom. The third kappa shape index (κ3) is 6.42. The normalized spacial score (nSPS) is 23.6. The maximum Gasteiger partial charge on any atom is 0.234 e. The van der Waals surface area contributed by atoms with Crippen LogP contribution < -0.4 is 11.1 Å². The minimum absolute atomic E-state index is 0. The molecule has 1 aromatic carbocycles. The first-order valence-electron chi connectivity index (χ1n) is 8.86. The van der Waals surface area contributed by atoms with Crippen LogP contribution in [0, 0.1) is 11.8 Å². The van der Waals surface area contributed by atoms with E-state index in [4.69, 9.17) is 5.73 Å². The van der Waals surface area contributed by atoms with Gasteiger partial charge in [-0.2, -0.15) is 0 Å². The Bertz CT molecular complexity index is 483. The van der Waals surface area contributed by atoms with Crippen LogP contribution in [0.4, 0.5) is 0 Å². The van der Waals surface area contributed by atoms with Crippen LogP contribution in [0.2, 0.25) is 0 Å². The van der Waals surface area contributed by atoms with Gasteiger partial charge in [0.15, 0.2) is 0 Å². The van der Waals surface area contributed by atoms with Crippen LogP contribution in [0.25, 0.3) is 0 Å². The standard InChI is InChI=1S/C19H31N3O.ClH/c1-15-7-6-10-18(16(15)2)21-19(23)14-22(12-11-20)13-17-8-4-3-5-9-17;/h3-5,8-9,15-16,18H,6-7,10-14,20H2,1-2H3,(H,21,23);1H. The number of halogens is 1. The van der Waals surface area contributed by atoms with Gasteiger partial charge in [0.05, 0.1) is 6.54 Å². The van der Waals surface area contributed by atoms with E-state index in [2.05, 4.69) is 36.2 Å². The van der Waals surface area contributed by atoms with Crippen molar-refractivity contribution in [3.63, 3.8) is 0 Å². The lowest BCUT2D eigenvalue weighted by Crippen LogP contribution is -2.47. The summed E-state index contributed by atoms with van der Waals surface area (Å²) in [6, 6.07) is 10.6. The fourth-order valence-electron chi connectivity index (χ4n) is 3.48. The highest BCUT2D eigenvalue weighted by atomic mass is 35.5. The van der Waals surface area contributed by atoms with E-state index in [0.29, 0.717) is 31.0 Å². The molecule has 1 aliphatic carbocycles. The van der Waals surface area contributed by atoms with Crippen molar-refractivity contribution in [2.24, 2.45) is 17.6 Å². The van der Waals surface area contributed by atoms with E-state index in [1.165, 1.54) is 18.4 Å². The molecule has 0 saturated heterocycles. The summed E-state index contributed by atoms with van der Waals surface area (Å²) in [5, 5.41) is 3.25. The van der Waals surface area contributed by atoms with Gasteiger partial charge >= 0.3 is 0 Å². The maximum absolute atomic E-state index is 12.4. The quantitative estimate of drug-likeness (QED) is 0.792. The predicted molar refractivity (Wildman–Crippen MR) is 102 cm³/mol. The molecule has 4 nitrogen and oxygen atoms in total. The summed E-state index contributed by atoms with van der Waals surface area (Å²) < 4.78 is 0. The number of benzene rings is 1. The molecule has 0 bridgehead atoms. The van der Waals surface area contributed by atoms with Crippen molar-refractivity contribution in [2.75, 3.05) is 19.6 Å².